The zero-order valence-electron chi connectivity index (χ0n) is 14.6. The molecule has 28 heavy (non-hydrogen) atoms. The van der Waals surface area contributed by atoms with E-state index in [1.807, 2.05) is 0 Å². The molecule has 0 bridgehead atoms. The molecule has 3 rings (SSSR count). The molecule has 12 heteroatoms. The van der Waals surface area contributed by atoms with Crippen molar-refractivity contribution in [2.45, 2.75) is 37.4 Å². The molecule has 1 aliphatic carbocycles. The van der Waals surface area contributed by atoms with Gasteiger partial charge in [0.05, 0.1) is 12.3 Å². The summed E-state index contributed by atoms with van der Waals surface area (Å²) in [5.41, 5.74) is 0. The van der Waals surface area contributed by atoms with E-state index in [0.717, 1.165) is 0 Å². The summed E-state index contributed by atoms with van der Waals surface area (Å²) in [6.45, 7) is 0.307. The monoisotopic (exact) mass is 414 g/mol. The van der Waals surface area contributed by atoms with E-state index in [1.165, 1.54) is 17.1 Å². The lowest BCUT2D eigenvalue weighted by atomic mass is 9.82. The minimum absolute atomic E-state index is 0.0864. The summed E-state index contributed by atoms with van der Waals surface area (Å²) >= 11 is 0.438. The molecule has 0 radical (unpaired) electrons. The quantitative estimate of drug-likeness (QED) is 0.269. The molecule has 0 aromatic heterocycles. The van der Waals surface area contributed by atoms with Gasteiger partial charge in [-0.25, -0.2) is 10.1 Å². The molecule has 11 nitrogen and oxygen atoms in total. The van der Waals surface area contributed by atoms with E-state index in [-0.39, 0.29) is 24.2 Å². The first-order valence-electron chi connectivity index (χ1n) is 8.66. The van der Waals surface area contributed by atoms with Crippen LogP contribution in [0.3, 0.4) is 0 Å². The maximum Gasteiger partial charge on any atom is 0.336 e. The average Bonchev–Trinajstić information content (AvgIpc) is 3.14. The Morgan fingerprint density at radius 2 is 1.75 bits per heavy atom. The van der Waals surface area contributed by atoms with Gasteiger partial charge in [-0.05, 0) is 31.6 Å². The van der Waals surface area contributed by atoms with Crippen LogP contribution < -0.4 is 0 Å². The molecular weight excluding hydrogens is 396 g/mol. The predicted molar refractivity (Wildman–Crippen MR) is 90.0 cm³/mol. The Morgan fingerprint density at radius 1 is 1.11 bits per heavy atom. The smallest absolute Gasteiger partial charge is 0.330 e. The van der Waals surface area contributed by atoms with E-state index >= 15 is 0 Å². The molecule has 4 amide bonds. The molecular formula is C16H18N2O9S. The lowest BCUT2D eigenvalue weighted by Crippen LogP contribution is -2.39. The second-order valence-electron chi connectivity index (χ2n) is 6.71. The SMILES string of the molecule is O=C(ON1C(=O)CC(SOOO)C1=O)C1CCC(CN2C(=O)C=CC2=O)CC1. The van der Waals surface area contributed by atoms with Crippen molar-refractivity contribution in [1.82, 2.24) is 9.96 Å². The van der Waals surface area contributed by atoms with Crippen molar-refractivity contribution in [2.24, 2.45) is 11.8 Å². The van der Waals surface area contributed by atoms with Gasteiger partial charge in [0.25, 0.3) is 23.6 Å². The van der Waals surface area contributed by atoms with Crippen LogP contribution in [0.15, 0.2) is 12.2 Å². The van der Waals surface area contributed by atoms with Gasteiger partial charge >= 0.3 is 5.97 Å². The van der Waals surface area contributed by atoms with Crippen molar-refractivity contribution in [3.63, 3.8) is 0 Å². The third-order valence-corrected chi connectivity index (χ3v) is 5.69. The van der Waals surface area contributed by atoms with Crippen LogP contribution in [0.1, 0.15) is 32.1 Å². The Labute approximate surface area is 163 Å². The molecule has 1 saturated heterocycles. The molecule has 3 aliphatic rings. The molecule has 1 N–H and O–H groups in total. The minimum Gasteiger partial charge on any atom is -0.330 e. The van der Waals surface area contributed by atoms with Gasteiger partial charge in [-0.1, -0.05) is 5.04 Å². The highest BCUT2D eigenvalue weighted by atomic mass is 32.2. The Morgan fingerprint density at radius 3 is 2.36 bits per heavy atom. The van der Waals surface area contributed by atoms with Crippen LogP contribution in [0.25, 0.3) is 0 Å². The van der Waals surface area contributed by atoms with Gasteiger partial charge in [0, 0.05) is 30.7 Å². The topological polar surface area (TPSA) is 140 Å². The lowest BCUT2D eigenvalue weighted by molar-refractivity contribution is -0.432. The van der Waals surface area contributed by atoms with Gasteiger partial charge in [-0.15, -0.1) is 9.40 Å². The summed E-state index contributed by atoms with van der Waals surface area (Å²) in [6.07, 6.45) is 4.36. The van der Waals surface area contributed by atoms with Crippen molar-refractivity contribution in [3.05, 3.63) is 12.2 Å². The molecule has 1 atom stereocenters. The highest BCUT2D eigenvalue weighted by Gasteiger charge is 2.44. The number of hydrogen-bond donors (Lipinski definition) is 1. The van der Waals surface area contributed by atoms with Crippen molar-refractivity contribution in [1.29, 1.82) is 0 Å². The molecule has 2 aliphatic heterocycles. The first-order valence-corrected chi connectivity index (χ1v) is 9.47. The van der Waals surface area contributed by atoms with Crippen molar-refractivity contribution >= 4 is 41.6 Å². The molecule has 1 unspecified atom stereocenters. The Bertz CT molecular complexity index is 699. The number of amides is 4. The van der Waals surface area contributed by atoms with E-state index in [9.17, 15) is 24.0 Å². The van der Waals surface area contributed by atoms with Crippen LogP contribution in [-0.2, 0) is 38.2 Å². The third kappa shape index (κ3) is 4.41. The van der Waals surface area contributed by atoms with Gasteiger partial charge in [-0.3, -0.25) is 24.1 Å². The zero-order valence-corrected chi connectivity index (χ0v) is 15.5. The maximum absolute atomic E-state index is 12.3. The number of imide groups is 2. The van der Waals surface area contributed by atoms with Crippen molar-refractivity contribution in [3.8, 4) is 0 Å². The molecule has 152 valence electrons. The van der Waals surface area contributed by atoms with E-state index in [0.29, 0.717) is 49.3 Å². The highest BCUT2D eigenvalue weighted by Crippen LogP contribution is 2.32. The summed E-state index contributed by atoms with van der Waals surface area (Å²) in [5.74, 6) is -3.20. The van der Waals surface area contributed by atoms with E-state index < -0.39 is 29.0 Å². The summed E-state index contributed by atoms with van der Waals surface area (Å²) < 4.78 is 4.16. The third-order valence-electron chi connectivity index (χ3n) is 4.95. The number of rotatable bonds is 7. The second kappa shape index (κ2) is 8.82. The first kappa shape index (κ1) is 20.5. The summed E-state index contributed by atoms with van der Waals surface area (Å²) in [4.78, 5) is 65.7. The lowest BCUT2D eigenvalue weighted by Gasteiger charge is -2.29. The van der Waals surface area contributed by atoms with Crippen LogP contribution in [-0.4, -0.2) is 56.6 Å². The maximum atomic E-state index is 12.3. The fraction of sp³-hybridized carbons (Fsp3) is 0.562. The molecule has 2 fully saturated rings. The largest absolute Gasteiger partial charge is 0.336 e. The van der Waals surface area contributed by atoms with Crippen LogP contribution >= 0.6 is 12.0 Å². The number of carbonyl (C=O) groups is 5. The van der Waals surface area contributed by atoms with Gasteiger partial charge < -0.3 is 4.84 Å². The fourth-order valence-corrected chi connectivity index (χ4v) is 3.95. The standard InChI is InChI=1S/C16H18N2O9S/c19-12-5-6-13(20)17(12)8-9-1-3-10(4-2-9)16(23)25-18-14(21)7-11(15(18)22)28-27-26-24/h5-6,9-11,24H,1-4,7-8H2. The number of hydroxylamine groups is 2. The van der Waals surface area contributed by atoms with Crippen LogP contribution in [0.5, 0.6) is 0 Å². The molecule has 0 aromatic carbocycles. The van der Waals surface area contributed by atoms with E-state index in [4.69, 9.17) is 10.1 Å². The number of nitrogens with zero attached hydrogens (tertiary/aromatic N) is 2. The van der Waals surface area contributed by atoms with Crippen molar-refractivity contribution in [2.75, 3.05) is 6.54 Å². The predicted octanol–water partition coefficient (Wildman–Crippen LogP) is 0.373. The molecule has 2 heterocycles. The van der Waals surface area contributed by atoms with Gasteiger partial charge in [-0.2, -0.15) is 0 Å². The zero-order chi connectivity index (χ0) is 20.3. The van der Waals surface area contributed by atoms with Crippen molar-refractivity contribution < 1.29 is 43.4 Å². The average molecular weight is 414 g/mol. The first-order chi connectivity index (χ1) is 13.4. The molecule has 1 saturated carbocycles. The number of hydrogen-bond acceptors (Lipinski definition) is 10. The molecule has 0 aromatic rings. The number of carbonyl (C=O) groups excluding carboxylic acids is 5. The van der Waals surface area contributed by atoms with Gasteiger partial charge in [0.15, 0.2) is 0 Å². The van der Waals surface area contributed by atoms with Crippen LogP contribution in [0, 0.1) is 11.8 Å². The summed E-state index contributed by atoms with van der Waals surface area (Å²) in [5, 5.41) is 10.9. The fourth-order valence-electron chi connectivity index (χ4n) is 3.43. The van der Waals surface area contributed by atoms with Crippen LogP contribution in [0.2, 0.25) is 0 Å². The van der Waals surface area contributed by atoms with Gasteiger partial charge in [0.1, 0.15) is 5.25 Å². The molecule has 0 spiro atoms. The van der Waals surface area contributed by atoms with Crippen LogP contribution in [0.4, 0.5) is 0 Å². The Balaban J connectivity index is 1.46. The van der Waals surface area contributed by atoms with Gasteiger partial charge in [0.2, 0.25) is 0 Å². The van der Waals surface area contributed by atoms with E-state index in [1.54, 1.807) is 0 Å². The highest BCUT2D eigenvalue weighted by molar-refractivity contribution is 7.96. The summed E-state index contributed by atoms with van der Waals surface area (Å²) in [6, 6.07) is 0. The normalized spacial score (nSPS) is 27.8. The minimum atomic E-state index is -0.979. The Kier molecular flexibility index (Phi) is 6.44. The Hall–Kier alpha value is -2.28. The second-order valence-corrected chi connectivity index (χ2v) is 7.60. The summed E-state index contributed by atoms with van der Waals surface area (Å²) in [7, 11) is 0. The van der Waals surface area contributed by atoms with E-state index in [2.05, 4.69) is 9.37 Å².